The number of hydrogen-bond acceptors (Lipinski definition) is 7. The average molecular weight is 342 g/mol. The summed E-state index contributed by atoms with van der Waals surface area (Å²) in [6, 6.07) is 4.83. The van der Waals surface area contributed by atoms with E-state index < -0.39 is 6.04 Å². The molecule has 8 heteroatoms. The Morgan fingerprint density at radius 2 is 2.12 bits per heavy atom. The van der Waals surface area contributed by atoms with Crippen molar-refractivity contribution in [2.75, 3.05) is 13.2 Å². The molecule has 2 atom stereocenters. The van der Waals surface area contributed by atoms with E-state index in [1.54, 1.807) is 36.9 Å². The molecule has 0 radical (unpaired) electrons. The van der Waals surface area contributed by atoms with Gasteiger partial charge in [0.2, 0.25) is 0 Å². The van der Waals surface area contributed by atoms with Crippen LogP contribution in [0.3, 0.4) is 0 Å². The number of benzene rings is 1. The second-order valence-electron chi connectivity index (χ2n) is 6.11. The summed E-state index contributed by atoms with van der Waals surface area (Å²) in [7, 11) is 0. The lowest BCUT2D eigenvalue weighted by molar-refractivity contribution is -0.0600. The van der Waals surface area contributed by atoms with E-state index in [9.17, 15) is 4.79 Å². The Balaban J connectivity index is 1.70. The van der Waals surface area contributed by atoms with E-state index >= 15 is 0 Å². The van der Waals surface area contributed by atoms with Crippen LogP contribution in [0.25, 0.3) is 11.1 Å². The molecule has 8 nitrogen and oxygen atoms in total. The molecule has 0 spiro atoms. The van der Waals surface area contributed by atoms with Gasteiger partial charge in [-0.1, -0.05) is 5.16 Å². The van der Waals surface area contributed by atoms with Gasteiger partial charge in [0.05, 0.1) is 12.7 Å². The summed E-state index contributed by atoms with van der Waals surface area (Å²) < 4.78 is 16.5. The van der Waals surface area contributed by atoms with E-state index in [0.29, 0.717) is 47.4 Å². The Hall–Kier alpha value is -2.74. The van der Waals surface area contributed by atoms with Gasteiger partial charge >= 0.3 is 0 Å². The molecule has 4 rings (SSSR count). The molecular weight excluding hydrogens is 324 g/mol. The second-order valence-corrected chi connectivity index (χ2v) is 6.11. The highest BCUT2D eigenvalue weighted by Gasteiger charge is 2.38. The molecule has 1 saturated heterocycles. The van der Waals surface area contributed by atoms with Gasteiger partial charge in [-0.2, -0.15) is 4.98 Å². The Morgan fingerprint density at radius 1 is 1.28 bits per heavy atom. The number of aromatic nitrogens is 3. The van der Waals surface area contributed by atoms with Gasteiger partial charge in [-0.15, -0.1) is 0 Å². The first-order valence-electron chi connectivity index (χ1n) is 8.13. The molecule has 1 amide bonds. The first-order chi connectivity index (χ1) is 12.0. The Bertz CT molecular complexity index is 932. The van der Waals surface area contributed by atoms with E-state index in [1.165, 1.54) is 0 Å². The smallest absolute Gasteiger partial charge is 0.254 e. The van der Waals surface area contributed by atoms with Gasteiger partial charge in [0.15, 0.2) is 17.3 Å². The van der Waals surface area contributed by atoms with Gasteiger partial charge in [0.1, 0.15) is 11.6 Å². The Labute approximate surface area is 143 Å². The third-order valence-corrected chi connectivity index (χ3v) is 4.29. The number of hydrogen-bond donors (Lipinski definition) is 0. The molecule has 0 aliphatic carbocycles. The number of oxazole rings is 1. The molecule has 0 N–H and O–H groups in total. The standard InChI is InChI=1S/C17H18N4O4/c1-9-15(16-18-10(2)20-25-16)21(6-7-23-9)17(22)12-4-5-14-13(8-12)19-11(3)24-14/h4-5,8-9,15H,6-7H2,1-3H3/t9-,15+/m1/s1. The molecule has 1 aliphatic heterocycles. The number of carbonyl (C=O) groups excluding carboxylic acids is 1. The summed E-state index contributed by atoms with van der Waals surface area (Å²) in [6.45, 7) is 6.33. The maximum Gasteiger partial charge on any atom is 0.254 e. The highest BCUT2D eigenvalue weighted by atomic mass is 16.5. The number of ether oxygens (including phenoxy) is 1. The fourth-order valence-corrected chi connectivity index (χ4v) is 3.16. The number of rotatable bonds is 2. The van der Waals surface area contributed by atoms with Gasteiger partial charge in [0, 0.05) is 19.0 Å². The van der Waals surface area contributed by atoms with Crippen molar-refractivity contribution in [2.45, 2.75) is 32.9 Å². The van der Waals surface area contributed by atoms with Crippen LogP contribution in [-0.2, 0) is 4.74 Å². The number of aryl methyl sites for hydroxylation is 2. The van der Waals surface area contributed by atoms with Crippen molar-refractivity contribution in [3.8, 4) is 0 Å². The van der Waals surface area contributed by atoms with Crippen LogP contribution in [0.5, 0.6) is 0 Å². The van der Waals surface area contributed by atoms with E-state index in [4.69, 9.17) is 13.7 Å². The third kappa shape index (κ3) is 2.78. The molecule has 0 unspecified atom stereocenters. The number of morpholine rings is 1. The van der Waals surface area contributed by atoms with E-state index in [0.717, 1.165) is 0 Å². The fourth-order valence-electron chi connectivity index (χ4n) is 3.16. The van der Waals surface area contributed by atoms with Gasteiger partial charge < -0.3 is 18.6 Å². The minimum absolute atomic E-state index is 0.126. The van der Waals surface area contributed by atoms with Crippen LogP contribution in [0, 0.1) is 13.8 Å². The molecule has 1 aromatic carbocycles. The summed E-state index contributed by atoms with van der Waals surface area (Å²) in [6.07, 6.45) is -0.240. The maximum atomic E-state index is 13.1. The average Bonchev–Trinajstić information content (AvgIpc) is 3.17. The van der Waals surface area contributed by atoms with Crippen LogP contribution < -0.4 is 0 Å². The quantitative estimate of drug-likeness (QED) is 0.706. The van der Waals surface area contributed by atoms with Crippen LogP contribution in [0.1, 0.15) is 40.9 Å². The minimum atomic E-state index is -0.419. The topological polar surface area (TPSA) is 94.5 Å². The summed E-state index contributed by atoms with van der Waals surface area (Å²) in [5, 5.41) is 3.83. The van der Waals surface area contributed by atoms with Gasteiger partial charge in [-0.3, -0.25) is 4.79 Å². The van der Waals surface area contributed by atoms with Crippen LogP contribution >= 0.6 is 0 Å². The lowest BCUT2D eigenvalue weighted by Gasteiger charge is -2.37. The van der Waals surface area contributed by atoms with E-state index in [1.807, 2.05) is 6.92 Å². The van der Waals surface area contributed by atoms with E-state index in [2.05, 4.69) is 15.1 Å². The third-order valence-electron chi connectivity index (χ3n) is 4.29. The highest BCUT2D eigenvalue weighted by Crippen LogP contribution is 2.30. The maximum absolute atomic E-state index is 13.1. The number of fused-ring (bicyclic) bond motifs is 1. The molecule has 0 bridgehead atoms. The summed E-state index contributed by atoms with van der Waals surface area (Å²) in [4.78, 5) is 23.4. The van der Waals surface area contributed by atoms with Crippen molar-refractivity contribution in [3.63, 3.8) is 0 Å². The zero-order valence-corrected chi connectivity index (χ0v) is 14.2. The number of amides is 1. The molecule has 3 heterocycles. The predicted octanol–water partition coefficient (Wildman–Crippen LogP) is 2.43. The van der Waals surface area contributed by atoms with Crippen LogP contribution in [0.2, 0.25) is 0 Å². The normalized spacial score (nSPS) is 21.0. The van der Waals surface area contributed by atoms with E-state index in [-0.39, 0.29) is 12.0 Å². The lowest BCUT2D eigenvalue weighted by atomic mass is 10.1. The van der Waals surface area contributed by atoms with Crippen LogP contribution in [-0.4, -0.2) is 45.2 Å². The zero-order valence-electron chi connectivity index (χ0n) is 14.2. The van der Waals surface area contributed by atoms with Crippen molar-refractivity contribution in [3.05, 3.63) is 41.4 Å². The van der Waals surface area contributed by atoms with Crippen LogP contribution in [0.15, 0.2) is 27.1 Å². The first-order valence-corrected chi connectivity index (χ1v) is 8.13. The highest BCUT2D eigenvalue weighted by molar-refractivity contribution is 5.97. The van der Waals surface area contributed by atoms with Crippen molar-refractivity contribution < 1.29 is 18.5 Å². The molecular formula is C17H18N4O4. The molecule has 25 heavy (non-hydrogen) atoms. The van der Waals surface area contributed by atoms with Crippen molar-refractivity contribution in [1.29, 1.82) is 0 Å². The van der Waals surface area contributed by atoms with Gasteiger partial charge in [-0.05, 0) is 32.0 Å². The lowest BCUT2D eigenvalue weighted by Crippen LogP contribution is -2.47. The van der Waals surface area contributed by atoms with Gasteiger partial charge in [-0.25, -0.2) is 4.98 Å². The summed E-state index contributed by atoms with van der Waals surface area (Å²) in [5.41, 5.74) is 1.86. The van der Waals surface area contributed by atoms with Crippen molar-refractivity contribution in [2.24, 2.45) is 0 Å². The molecule has 3 aromatic rings. The summed E-state index contributed by atoms with van der Waals surface area (Å²) in [5.74, 6) is 1.36. The molecule has 1 fully saturated rings. The van der Waals surface area contributed by atoms with Gasteiger partial charge in [0.25, 0.3) is 11.8 Å². The SMILES string of the molecule is Cc1noc([C@@H]2[C@@H](C)OCCN2C(=O)c2ccc3oc(C)nc3c2)n1. The molecule has 0 saturated carbocycles. The minimum Gasteiger partial charge on any atom is -0.441 e. The second kappa shape index (κ2) is 5.96. The molecule has 130 valence electrons. The first kappa shape index (κ1) is 15.8. The predicted molar refractivity (Wildman–Crippen MR) is 87.0 cm³/mol. The Morgan fingerprint density at radius 3 is 2.88 bits per heavy atom. The largest absolute Gasteiger partial charge is 0.441 e. The molecule has 1 aliphatic rings. The molecule has 2 aromatic heterocycles. The monoisotopic (exact) mass is 342 g/mol. The van der Waals surface area contributed by atoms with Crippen molar-refractivity contribution >= 4 is 17.0 Å². The van der Waals surface area contributed by atoms with Crippen molar-refractivity contribution in [1.82, 2.24) is 20.0 Å². The fraction of sp³-hybridized carbons (Fsp3) is 0.412. The zero-order chi connectivity index (χ0) is 17.6. The summed E-state index contributed by atoms with van der Waals surface area (Å²) >= 11 is 0. The number of nitrogens with zero attached hydrogens (tertiary/aromatic N) is 4. The number of carbonyl (C=O) groups is 1. The Kier molecular flexibility index (Phi) is 3.76. The van der Waals surface area contributed by atoms with Crippen LogP contribution in [0.4, 0.5) is 0 Å².